The molecule has 0 amide bonds. The van der Waals surface area contributed by atoms with Crippen LogP contribution in [0.3, 0.4) is 0 Å². The highest BCUT2D eigenvalue weighted by molar-refractivity contribution is 5.80. The Balaban J connectivity index is 2.73. The molecule has 1 aliphatic heterocycles. The number of cyclic esters (lactones) is 1. The highest BCUT2D eigenvalue weighted by Crippen LogP contribution is 2.17. The van der Waals surface area contributed by atoms with Gasteiger partial charge in [0.15, 0.2) is 0 Å². The monoisotopic (exact) mass is 143 g/mol. The van der Waals surface area contributed by atoms with Crippen molar-refractivity contribution in [1.82, 2.24) is 4.90 Å². The number of carbonyl (C=O) groups is 1. The van der Waals surface area contributed by atoms with Crippen molar-refractivity contribution in [3.05, 3.63) is 0 Å². The number of likely N-dealkylation sites (N-methyl/N-ethyl adjacent to an activating group) is 1. The fraction of sp³-hybridized carbons (Fsp3) is 0.857. The molecular weight excluding hydrogens is 130 g/mol. The minimum Gasteiger partial charge on any atom is -0.463 e. The van der Waals surface area contributed by atoms with E-state index in [0.29, 0.717) is 6.61 Å². The fourth-order valence-corrected chi connectivity index (χ4v) is 0.887. The summed E-state index contributed by atoms with van der Waals surface area (Å²) >= 11 is 0. The first kappa shape index (κ1) is 7.54. The van der Waals surface area contributed by atoms with Gasteiger partial charge in [-0.2, -0.15) is 0 Å². The van der Waals surface area contributed by atoms with Gasteiger partial charge < -0.3 is 4.74 Å². The molecule has 1 rings (SSSR count). The maximum Gasteiger partial charge on any atom is 0.326 e. The molecule has 3 nitrogen and oxygen atoms in total. The van der Waals surface area contributed by atoms with E-state index in [-0.39, 0.29) is 5.97 Å². The van der Waals surface area contributed by atoms with Crippen LogP contribution in [0.5, 0.6) is 0 Å². The molecule has 10 heavy (non-hydrogen) atoms. The van der Waals surface area contributed by atoms with E-state index >= 15 is 0 Å². The summed E-state index contributed by atoms with van der Waals surface area (Å²) in [6.07, 6.45) is 0. The number of esters is 1. The van der Waals surface area contributed by atoms with E-state index in [4.69, 9.17) is 4.74 Å². The van der Waals surface area contributed by atoms with Crippen LogP contribution in [0.4, 0.5) is 0 Å². The van der Waals surface area contributed by atoms with Gasteiger partial charge in [-0.25, -0.2) is 0 Å². The maximum atomic E-state index is 11.1. The molecule has 0 bridgehead atoms. The van der Waals surface area contributed by atoms with E-state index in [2.05, 4.69) is 0 Å². The molecule has 0 N–H and O–H groups in total. The lowest BCUT2D eigenvalue weighted by Crippen LogP contribution is -2.54. The Morgan fingerprint density at radius 3 is 2.60 bits per heavy atom. The van der Waals surface area contributed by atoms with Crippen LogP contribution in [0.25, 0.3) is 0 Å². The van der Waals surface area contributed by atoms with Gasteiger partial charge in [0.2, 0.25) is 0 Å². The Kier molecular flexibility index (Phi) is 1.68. The average Bonchev–Trinajstić information content (AvgIpc) is 1.84. The summed E-state index contributed by atoms with van der Waals surface area (Å²) in [4.78, 5) is 13.1. The smallest absolute Gasteiger partial charge is 0.326 e. The van der Waals surface area contributed by atoms with Crippen molar-refractivity contribution in [2.75, 3.05) is 20.2 Å². The van der Waals surface area contributed by atoms with Crippen molar-refractivity contribution in [3.63, 3.8) is 0 Å². The lowest BCUT2D eigenvalue weighted by atomic mass is 10.0. The molecule has 0 aromatic heterocycles. The standard InChI is InChI=1S/C7H13NO2/c1-7(2)6(9)10-5-4-8(7)3/h4-5H2,1-3H3. The van der Waals surface area contributed by atoms with Crippen LogP contribution in [0, 0.1) is 0 Å². The first-order chi connectivity index (χ1) is 4.55. The molecule has 0 aromatic carbocycles. The largest absolute Gasteiger partial charge is 0.463 e. The van der Waals surface area contributed by atoms with Gasteiger partial charge in [-0.05, 0) is 20.9 Å². The van der Waals surface area contributed by atoms with Crippen molar-refractivity contribution in [2.45, 2.75) is 19.4 Å². The summed E-state index contributed by atoms with van der Waals surface area (Å²) in [7, 11) is 1.93. The number of morpholine rings is 1. The van der Waals surface area contributed by atoms with Crippen LogP contribution in [0.15, 0.2) is 0 Å². The summed E-state index contributed by atoms with van der Waals surface area (Å²) in [5.41, 5.74) is -0.432. The summed E-state index contributed by atoms with van der Waals surface area (Å²) in [6, 6.07) is 0. The van der Waals surface area contributed by atoms with Gasteiger partial charge in [-0.15, -0.1) is 0 Å². The third kappa shape index (κ3) is 1.01. The van der Waals surface area contributed by atoms with E-state index in [9.17, 15) is 4.79 Å². The molecular formula is C7H13NO2. The molecule has 3 heteroatoms. The highest BCUT2D eigenvalue weighted by Gasteiger charge is 2.36. The summed E-state index contributed by atoms with van der Waals surface area (Å²) in [5.74, 6) is -0.124. The molecule has 0 spiro atoms. The second-order valence-corrected chi connectivity index (χ2v) is 3.12. The molecule has 1 saturated heterocycles. The minimum absolute atomic E-state index is 0.124. The van der Waals surface area contributed by atoms with Gasteiger partial charge in [0.1, 0.15) is 12.1 Å². The van der Waals surface area contributed by atoms with Crippen LogP contribution in [-0.2, 0) is 9.53 Å². The second kappa shape index (κ2) is 2.23. The number of hydrogen-bond donors (Lipinski definition) is 0. The minimum atomic E-state index is -0.432. The SMILES string of the molecule is CN1CCOC(=O)C1(C)C. The quantitative estimate of drug-likeness (QED) is 0.455. The molecule has 0 radical (unpaired) electrons. The topological polar surface area (TPSA) is 29.5 Å². The van der Waals surface area contributed by atoms with Gasteiger partial charge in [0.05, 0.1) is 0 Å². The first-order valence-electron chi connectivity index (χ1n) is 3.43. The molecule has 1 fully saturated rings. The first-order valence-corrected chi connectivity index (χ1v) is 3.43. The van der Waals surface area contributed by atoms with Crippen molar-refractivity contribution in [2.24, 2.45) is 0 Å². The molecule has 58 valence electrons. The van der Waals surface area contributed by atoms with Gasteiger partial charge in [0, 0.05) is 6.54 Å². The zero-order valence-corrected chi connectivity index (χ0v) is 6.68. The van der Waals surface area contributed by atoms with Gasteiger partial charge in [-0.1, -0.05) is 0 Å². The highest BCUT2D eigenvalue weighted by atomic mass is 16.5. The van der Waals surface area contributed by atoms with E-state index < -0.39 is 5.54 Å². The number of carbonyl (C=O) groups excluding carboxylic acids is 1. The lowest BCUT2D eigenvalue weighted by molar-refractivity contribution is -0.163. The van der Waals surface area contributed by atoms with Crippen molar-refractivity contribution in [1.29, 1.82) is 0 Å². The number of nitrogens with zero attached hydrogens (tertiary/aromatic N) is 1. The van der Waals surface area contributed by atoms with Crippen molar-refractivity contribution in [3.8, 4) is 0 Å². The third-order valence-corrected chi connectivity index (χ3v) is 2.11. The molecule has 1 aliphatic rings. The summed E-state index contributed by atoms with van der Waals surface area (Å²) in [5, 5.41) is 0. The molecule has 0 saturated carbocycles. The molecule has 1 heterocycles. The number of hydrogen-bond acceptors (Lipinski definition) is 3. The van der Waals surface area contributed by atoms with Gasteiger partial charge in [0.25, 0.3) is 0 Å². The Morgan fingerprint density at radius 1 is 1.60 bits per heavy atom. The maximum absolute atomic E-state index is 11.1. The Bertz CT molecular complexity index is 154. The third-order valence-electron chi connectivity index (χ3n) is 2.11. The predicted octanol–water partition coefficient (Wildman–Crippen LogP) is 0.254. The molecule has 0 atom stereocenters. The van der Waals surface area contributed by atoms with E-state index in [0.717, 1.165) is 6.54 Å². The van der Waals surface area contributed by atoms with Crippen molar-refractivity contribution >= 4 is 5.97 Å². The van der Waals surface area contributed by atoms with Crippen molar-refractivity contribution < 1.29 is 9.53 Å². The van der Waals surface area contributed by atoms with Crippen LogP contribution in [-0.4, -0.2) is 36.6 Å². The zero-order chi connectivity index (χ0) is 7.78. The normalized spacial score (nSPS) is 26.1. The van der Waals surface area contributed by atoms with Crippen LogP contribution in [0.2, 0.25) is 0 Å². The summed E-state index contributed by atoms with van der Waals surface area (Å²) in [6.45, 7) is 5.10. The zero-order valence-electron chi connectivity index (χ0n) is 6.68. The number of rotatable bonds is 0. The van der Waals surface area contributed by atoms with E-state index in [1.54, 1.807) is 0 Å². The van der Waals surface area contributed by atoms with Gasteiger partial charge >= 0.3 is 5.97 Å². The Hall–Kier alpha value is -0.570. The van der Waals surface area contributed by atoms with Crippen LogP contribution >= 0.6 is 0 Å². The van der Waals surface area contributed by atoms with E-state index in [1.165, 1.54) is 0 Å². The molecule has 0 unspecified atom stereocenters. The van der Waals surface area contributed by atoms with Crippen LogP contribution < -0.4 is 0 Å². The fourth-order valence-electron chi connectivity index (χ4n) is 0.887. The molecule has 0 aliphatic carbocycles. The van der Waals surface area contributed by atoms with E-state index in [1.807, 2.05) is 25.8 Å². The number of ether oxygens (including phenoxy) is 1. The average molecular weight is 143 g/mol. The Morgan fingerprint density at radius 2 is 2.20 bits per heavy atom. The predicted molar refractivity (Wildman–Crippen MR) is 37.7 cm³/mol. The lowest BCUT2D eigenvalue weighted by Gasteiger charge is -2.37. The van der Waals surface area contributed by atoms with Crippen LogP contribution in [0.1, 0.15) is 13.8 Å². The molecule has 0 aromatic rings. The second-order valence-electron chi connectivity index (χ2n) is 3.12. The van der Waals surface area contributed by atoms with Gasteiger partial charge in [-0.3, -0.25) is 9.69 Å². The Labute approximate surface area is 61.0 Å². The summed E-state index contributed by atoms with van der Waals surface area (Å²) < 4.78 is 4.88.